The molecular formula is C11H25N3O. The van der Waals surface area contributed by atoms with Crippen molar-refractivity contribution in [2.75, 3.05) is 26.2 Å². The summed E-state index contributed by atoms with van der Waals surface area (Å²) < 4.78 is 0. The molecule has 1 atom stereocenters. The second kappa shape index (κ2) is 8.68. The SMILES string of the molecule is CCN(CC)CCNC(=O)CCC(C)N. The van der Waals surface area contributed by atoms with Crippen LogP contribution in [0.15, 0.2) is 0 Å². The molecule has 4 nitrogen and oxygen atoms in total. The fourth-order valence-corrected chi connectivity index (χ4v) is 1.34. The Labute approximate surface area is 93.2 Å². The minimum Gasteiger partial charge on any atom is -0.355 e. The topological polar surface area (TPSA) is 58.4 Å². The van der Waals surface area contributed by atoms with Crippen molar-refractivity contribution in [2.24, 2.45) is 5.73 Å². The van der Waals surface area contributed by atoms with E-state index in [1.54, 1.807) is 0 Å². The molecule has 0 aliphatic carbocycles. The van der Waals surface area contributed by atoms with Crippen LogP contribution in [0.1, 0.15) is 33.6 Å². The quantitative estimate of drug-likeness (QED) is 0.622. The van der Waals surface area contributed by atoms with Crippen LogP contribution in [0.25, 0.3) is 0 Å². The Morgan fingerprint density at radius 2 is 2.00 bits per heavy atom. The van der Waals surface area contributed by atoms with E-state index in [9.17, 15) is 4.79 Å². The molecule has 0 aromatic heterocycles. The molecule has 4 heteroatoms. The van der Waals surface area contributed by atoms with Crippen LogP contribution in [0.3, 0.4) is 0 Å². The van der Waals surface area contributed by atoms with Crippen LogP contribution in [0, 0.1) is 0 Å². The van der Waals surface area contributed by atoms with Gasteiger partial charge in [-0.3, -0.25) is 4.79 Å². The van der Waals surface area contributed by atoms with Crippen LogP contribution < -0.4 is 11.1 Å². The van der Waals surface area contributed by atoms with Crippen molar-refractivity contribution in [1.29, 1.82) is 0 Å². The molecule has 0 bridgehead atoms. The third-order valence-corrected chi connectivity index (χ3v) is 2.47. The van der Waals surface area contributed by atoms with Gasteiger partial charge in [0.15, 0.2) is 0 Å². The summed E-state index contributed by atoms with van der Waals surface area (Å²) in [5.41, 5.74) is 5.57. The molecule has 0 aliphatic rings. The summed E-state index contributed by atoms with van der Waals surface area (Å²) >= 11 is 0. The summed E-state index contributed by atoms with van der Waals surface area (Å²) in [5, 5.41) is 2.90. The molecule has 15 heavy (non-hydrogen) atoms. The molecule has 0 aromatic rings. The van der Waals surface area contributed by atoms with Crippen molar-refractivity contribution in [2.45, 2.75) is 39.7 Å². The molecule has 0 heterocycles. The standard InChI is InChI=1S/C11H25N3O/c1-4-14(5-2)9-8-13-11(15)7-6-10(3)12/h10H,4-9,12H2,1-3H3,(H,13,15). The van der Waals surface area contributed by atoms with E-state index >= 15 is 0 Å². The molecular weight excluding hydrogens is 190 g/mol. The highest BCUT2D eigenvalue weighted by Crippen LogP contribution is 1.92. The van der Waals surface area contributed by atoms with Gasteiger partial charge in [0, 0.05) is 25.6 Å². The highest BCUT2D eigenvalue weighted by atomic mass is 16.1. The fraction of sp³-hybridized carbons (Fsp3) is 0.909. The van der Waals surface area contributed by atoms with Crippen LogP contribution in [-0.2, 0) is 4.79 Å². The maximum atomic E-state index is 11.3. The van der Waals surface area contributed by atoms with Crippen LogP contribution in [-0.4, -0.2) is 43.0 Å². The summed E-state index contributed by atoms with van der Waals surface area (Å²) in [6.45, 7) is 9.90. The zero-order valence-corrected chi connectivity index (χ0v) is 10.3. The normalized spacial score (nSPS) is 12.9. The number of carbonyl (C=O) groups excluding carboxylic acids is 1. The lowest BCUT2D eigenvalue weighted by atomic mass is 10.2. The Kier molecular flexibility index (Phi) is 8.33. The molecule has 3 N–H and O–H groups in total. The fourth-order valence-electron chi connectivity index (χ4n) is 1.34. The van der Waals surface area contributed by atoms with Gasteiger partial charge >= 0.3 is 0 Å². The third-order valence-electron chi connectivity index (χ3n) is 2.47. The van der Waals surface area contributed by atoms with Gasteiger partial charge in [-0.1, -0.05) is 13.8 Å². The average Bonchev–Trinajstić information content (AvgIpc) is 2.21. The maximum Gasteiger partial charge on any atom is 0.220 e. The number of hydrogen-bond acceptors (Lipinski definition) is 3. The number of rotatable bonds is 8. The Morgan fingerprint density at radius 3 is 2.47 bits per heavy atom. The molecule has 0 radical (unpaired) electrons. The third kappa shape index (κ3) is 8.39. The van der Waals surface area contributed by atoms with E-state index in [2.05, 4.69) is 24.1 Å². The number of amides is 1. The van der Waals surface area contributed by atoms with E-state index in [0.717, 1.165) is 32.6 Å². The molecule has 0 saturated carbocycles. The monoisotopic (exact) mass is 215 g/mol. The van der Waals surface area contributed by atoms with Crippen LogP contribution in [0.4, 0.5) is 0 Å². The second-order valence-electron chi connectivity index (χ2n) is 3.89. The lowest BCUT2D eigenvalue weighted by molar-refractivity contribution is -0.121. The van der Waals surface area contributed by atoms with Gasteiger partial charge in [-0.05, 0) is 26.4 Å². The van der Waals surface area contributed by atoms with Gasteiger partial charge in [0.25, 0.3) is 0 Å². The number of carbonyl (C=O) groups is 1. The van der Waals surface area contributed by atoms with E-state index in [0.29, 0.717) is 6.42 Å². The number of nitrogens with one attached hydrogen (secondary N) is 1. The Hall–Kier alpha value is -0.610. The van der Waals surface area contributed by atoms with E-state index < -0.39 is 0 Å². The van der Waals surface area contributed by atoms with E-state index in [1.165, 1.54) is 0 Å². The maximum absolute atomic E-state index is 11.3. The van der Waals surface area contributed by atoms with Crippen molar-refractivity contribution in [3.05, 3.63) is 0 Å². The van der Waals surface area contributed by atoms with E-state index in [1.807, 2.05) is 6.92 Å². The van der Waals surface area contributed by atoms with Gasteiger partial charge in [0.1, 0.15) is 0 Å². The van der Waals surface area contributed by atoms with Gasteiger partial charge in [-0.15, -0.1) is 0 Å². The van der Waals surface area contributed by atoms with Crippen molar-refractivity contribution in [3.63, 3.8) is 0 Å². The van der Waals surface area contributed by atoms with Gasteiger partial charge < -0.3 is 16.0 Å². The summed E-state index contributed by atoms with van der Waals surface area (Å²) in [5.74, 6) is 0.111. The molecule has 0 spiro atoms. The van der Waals surface area contributed by atoms with Crippen molar-refractivity contribution < 1.29 is 4.79 Å². The number of hydrogen-bond donors (Lipinski definition) is 2. The Balaban J connectivity index is 3.46. The van der Waals surface area contributed by atoms with Crippen molar-refractivity contribution >= 4 is 5.91 Å². The Morgan fingerprint density at radius 1 is 1.40 bits per heavy atom. The summed E-state index contributed by atoms with van der Waals surface area (Å²) in [7, 11) is 0. The van der Waals surface area contributed by atoms with Crippen molar-refractivity contribution in [3.8, 4) is 0 Å². The largest absolute Gasteiger partial charge is 0.355 e. The minimum absolute atomic E-state index is 0.110. The first-order chi connectivity index (χ1) is 7.10. The first-order valence-electron chi connectivity index (χ1n) is 5.84. The molecule has 90 valence electrons. The van der Waals surface area contributed by atoms with Gasteiger partial charge in [-0.2, -0.15) is 0 Å². The molecule has 0 fully saturated rings. The highest BCUT2D eigenvalue weighted by molar-refractivity contribution is 5.75. The van der Waals surface area contributed by atoms with Crippen LogP contribution >= 0.6 is 0 Å². The zero-order valence-electron chi connectivity index (χ0n) is 10.3. The number of likely N-dealkylation sites (N-methyl/N-ethyl adjacent to an activating group) is 1. The van der Waals surface area contributed by atoms with Crippen molar-refractivity contribution in [1.82, 2.24) is 10.2 Å². The second-order valence-corrected chi connectivity index (χ2v) is 3.89. The highest BCUT2D eigenvalue weighted by Gasteiger charge is 2.03. The average molecular weight is 215 g/mol. The van der Waals surface area contributed by atoms with Crippen LogP contribution in [0.2, 0.25) is 0 Å². The molecule has 1 amide bonds. The Bertz CT molecular complexity index is 167. The minimum atomic E-state index is 0.110. The lowest BCUT2D eigenvalue weighted by Crippen LogP contribution is -2.35. The number of nitrogens with zero attached hydrogens (tertiary/aromatic N) is 1. The summed E-state index contributed by atoms with van der Waals surface area (Å²) in [6, 6.07) is 0.110. The molecule has 0 rings (SSSR count). The summed E-state index contributed by atoms with van der Waals surface area (Å²) in [4.78, 5) is 13.6. The van der Waals surface area contributed by atoms with Gasteiger partial charge in [0.2, 0.25) is 5.91 Å². The first kappa shape index (κ1) is 14.4. The zero-order chi connectivity index (χ0) is 11.7. The molecule has 0 saturated heterocycles. The lowest BCUT2D eigenvalue weighted by Gasteiger charge is -2.18. The summed E-state index contributed by atoms with van der Waals surface area (Å²) in [6.07, 6.45) is 1.30. The van der Waals surface area contributed by atoms with E-state index in [-0.39, 0.29) is 11.9 Å². The van der Waals surface area contributed by atoms with Gasteiger partial charge in [-0.25, -0.2) is 0 Å². The molecule has 0 aliphatic heterocycles. The van der Waals surface area contributed by atoms with E-state index in [4.69, 9.17) is 5.73 Å². The molecule has 0 aromatic carbocycles. The van der Waals surface area contributed by atoms with Crippen LogP contribution in [0.5, 0.6) is 0 Å². The first-order valence-corrected chi connectivity index (χ1v) is 5.84. The molecule has 1 unspecified atom stereocenters. The predicted octanol–water partition coefficient (Wildman–Crippen LogP) is 0.572. The van der Waals surface area contributed by atoms with Gasteiger partial charge in [0.05, 0.1) is 0 Å². The predicted molar refractivity (Wildman–Crippen MR) is 63.7 cm³/mol. The number of nitrogens with two attached hydrogens (primary N) is 1. The smallest absolute Gasteiger partial charge is 0.220 e.